The minimum atomic E-state index is -0.161. The largest absolute Gasteiger partial charge is 0.383 e. The summed E-state index contributed by atoms with van der Waals surface area (Å²) in [5.74, 6) is -0.161. The number of anilines is 1. The van der Waals surface area contributed by atoms with Crippen molar-refractivity contribution in [1.82, 2.24) is 5.32 Å². The van der Waals surface area contributed by atoms with Crippen LogP contribution < -0.4 is 10.2 Å². The fraction of sp³-hybridized carbons (Fsp3) is 0.647. The molecule has 0 bridgehead atoms. The van der Waals surface area contributed by atoms with Gasteiger partial charge in [0.15, 0.2) is 0 Å². The monoisotopic (exact) mass is 294 g/mol. The second-order valence-corrected chi connectivity index (χ2v) is 5.92. The van der Waals surface area contributed by atoms with E-state index in [1.54, 1.807) is 19.2 Å². The van der Waals surface area contributed by atoms with Crippen LogP contribution in [0.1, 0.15) is 38.7 Å². The van der Waals surface area contributed by atoms with Gasteiger partial charge in [-0.05, 0) is 49.9 Å². The van der Waals surface area contributed by atoms with Crippen LogP contribution >= 0.6 is 0 Å². The smallest absolute Gasteiger partial charge is 0.125 e. The quantitative estimate of drug-likeness (QED) is 0.756. The molecule has 21 heavy (non-hydrogen) atoms. The van der Waals surface area contributed by atoms with Crippen molar-refractivity contribution in [2.75, 3.05) is 25.2 Å². The molecule has 4 heteroatoms. The summed E-state index contributed by atoms with van der Waals surface area (Å²) >= 11 is 0. The molecule has 0 heterocycles. The van der Waals surface area contributed by atoms with E-state index in [1.807, 2.05) is 0 Å². The summed E-state index contributed by atoms with van der Waals surface area (Å²) in [5.41, 5.74) is 1.97. The molecule has 1 saturated carbocycles. The van der Waals surface area contributed by atoms with Gasteiger partial charge in [0.05, 0.1) is 6.61 Å². The molecular weight excluding hydrogens is 267 g/mol. The van der Waals surface area contributed by atoms with Gasteiger partial charge in [-0.3, -0.25) is 0 Å². The van der Waals surface area contributed by atoms with Gasteiger partial charge in [-0.25, -0.2) is 4.39 Å². The summed E-state index contributed by atoms with van der Waals surface area (Å²) in [4.78, 5) is 2.23. The van der Waals surface area contributed by atoms with Gasteiger partial charge >= 0.3 is 0 Å². The topological polar surface area (TPSA) is 24.5 Å². The van der Waals surface area contributed by atoms with Crippen molar-refractivity contribution in [1.29, 1.82) is 0 Å². The lowest BCUT2D eigenvalue weighted by Crippen LogP contribution is -2.35. The number of halogens is 1. The van der Waals surface area contributed by atoms with E-state index < -0.39 is 0 Å². The van der Waals surface area contributed by atoms with Crippen LogP contribution in [0.15, 0.2) is 18.2 Å². The number of nitrogens with one attached hydrogen (secondary N) is 1. The van der Waals surface area contributed by atoms with Crippen LogP contribution in [-0.2, 0) is 11.3 Å². The zero-order valence-electron chi connectivity index (χ0n) is 13.4. The summed E-state index contributed by atoms with van der Waals surface area (Å²) < 4.78 is 19.1. The fourth-order valence-corrected chi connectivity index (χ4v) is 2.46. The van der Waals surface area contributed by atoms with E-state index in [4.69, 9.17) is 4.74 Å². The highest BCUT2D eigenvalue weighted by Gasteiger charge is 2.20. The molecule has 0 spiro atoms. The van der Waals surface area contributed by atoms with Gasteiger partial charge in [-0.15, -0.1) is 0 Å². The minimum Gasteiger partial charge on any atom is -0.383 e. The van der Waals surface area contributed by atoms with Crippen LogP contribution in [0, 0.1) is 5.82 Å². The standard InChI is InChI=1S/C17H27FN2O/c1-4-13(2)20(7-8-21-3)17-10-14(9-15(18)11-17)12-19-16-5-6-16/h9-11,13,16,19H,4-8,12H2,1-3H3. The van der Waals surface area contributed by atoms with Gasteiger partial charge in [0.25, 0.3) is 0 Å². The van der Waals surface area contributed by atoms with Gasteiger partial charge in [-0.1, -0.05) is 6.92 Å². The number of rotatable bonds is 9. The summed E-state index contributed by atoms with van der Waals surface area (Å²) in [7, 11) is 1.70. The van der Waals surface area contributed by atoms with E-state index in [0.29, 0.717) is 18.7 Å². The molecule has 0 radical (unpaired) electrons. The Morgan fingerprint density at radius 1 is 1.38 bits per heavy atom. The van der Waals surface area contributed by atoms with E-state index >= 15 is 0 Å². The van der Waals surface area contributed by atoms with Crippen LogP contribution in [0.2, 0.25) is 0 Å². The lowest BCUT2D eigenvalue weighted by molar-refractivity contribution is 0.203. The van der Waals surface area contributed by atoms with Crippen molar-refractivity contribution in [2.45, 2.75) is 51.7 Å². The molecule has 3 nitrogen and oxygen atoms in total. The Labute approximate surface area is 127 Å². The summed E-state index contributed by atoms with van der Waals surface area (Å²) in [6, 6.07) is 6.36. The van der Waals surface area contributed by atoms with Crippen LogP contribution in [0.5, 0.6) is 0 Å². The molecule has 1 N–H and O–H groups in total. The van der Waals surface area contributed by atoms with E-state index in [2.05, 4.69) is 30.1 Å². The predicted molar refractivity (Wildman–Crippen MR) is 85.2 cm³/mol. The zero-order chi connectivity index (χ0) is 15.2. The second-order valence-electron chi connectivity index (χ2n) is 5.92. The SMILES string of the molecule is CCC(C)N(CCOC)c1cc(F)cc(CNC2CC2)c1. The first-order valence-corrected chi connectivity index (χ1v) is 7.92. The maximum atomic E-state index is 13.9. The molecule has 118 valence electrons. The predicted octanol–water partition coefficient (Wildman–Crippen LogP) is 3.33. The maximum Gasteiger partial charge on any atom is 0.125 e. The normalized spacial score (nSPS) is 16.0. The highest BCUT2D eigenvalue weighted by atomic mass is 19.1. The van der Waals surface area contributed by atoms with E-state index in [1.165, 1.54) is 12.8 Å². The molecule has 1 aromatic rings. The van der Waals surface area contributed by atoms with Crippen LogP contribution in [-0.4, -0.2) is 32.3 Å². The highest BCUT2D eigenvalue weighted by molar-refractivity contribution is 5.50. The maximum absolute atomic E-state index is 13.9. The fourth-order valence-electron chi connectivity index (χ4n) is 2.46. The lowest BCUT2D eigenvalue weighted by atomic mass is 10.1. The second kappa shape index (κ2) is 7.76. The Hall–Kier alpha value is -1.13. The Balaban J connectivity index is 2.12. The molecule has 1 aromatic carbocycles. The molecule has 1 atom stereocenters. The molecule has 2 rings (SSSR count). The number of hydrogen-bond donors (Lipinski definition) is 1. The van der Waals surface area contributed by atoms with Crippen LogP contribution in [0.25, 0.3) is 0 Å². The van der Waals surface area contributed by atoms with E-state index in [9.17, 15) is 4.39 Å². The molecule has 1 fully saturated rings. The molecule has 0 aromatic heterocycles. The summed E-state index contributed by atoms with van der Waals surface area (Å²) in [6.45, 7) is 6.50. The third-order valence-corrected chi connectivity index (χ3v) is 4.11. The van der Waals surface area contributed by atoms with Crippen molar-refractivity contribution in [2.24, 2.45) is 0 Å². The minimum absolute atomic E-state index is 0.161. The van der Waals surface area contributed by atoms with Crippen molar-refractivity contribution < 1.29 is 9.13 Å². The van der Waals surface area contributed by atoms with Crippen molar-refractivity contribution >= 4 is 5.69 Å². The van der Waals surface area contributed by atoms with E-state index in [0.717, 1.165) is 30.8 Å². The Bertz CT molecular complexity index is 448. The molecular formula is C17H27FN2O. The van der Waals surface area contributed by atoms with Gasteiger partial charge < -0.3 is 15.0 Å². The van der Waals surface area contributed by atoms with Crippen LogP contribution in [0.3, 0.4) is 0 Å². The van der Waals surface area contributed by atoms with Gasteiger partial charge in [0.2, 0.25) is 0 Å². The first kappa shape index (κ1) is 16.2. The number of hydrogen-bond acceptors (Lipinski definition) is 3. The van der Waals surface area contributed by atoms with Gasteiger partial charge in [-0.2, -0.15) is 0 Å². The Kier molecular flexibility index (Phi) is 6.00. The molecule has 0 aliphatic heterocycles. The van der Waals surface area contributed by atoms with Crippen LogP contribution in [0.4, 0.5) is 10.1 Å². The number of ether oxygens (including phenoxy) is 1. The highest BCUT2D eigenvalue weighted by Crippen LogP contribution is 2.23. The average Bonchev–Trinajstić information content (AvgIpc) is 3.29. The molecule has 1 aliphatic rings. The van der Waals surface area contributed by atoms with Crippen molar-refractivity contribution in [3.8, 4) is 0 Å². The van der Waals surface area contributed by atoms with E-state index in [-0.39, 0.29) is 5.82 Å². The van der Waals surface area contributed by atoms with Gasteiger partial charge in [0, 0.05) is 38.0 Å². The third kappa shape index (κ3) is 4.97. The summed E-state index contributed by atoms with van der Waals surface area (Å²) in [6.07, 6.45) is 3.51. The summed E-state index contributed by atoms with van der Waals surface area (Å²) in [5, 5.41) is 3.44. The number of nitrogens with zero attached hydrogens (tertiary/aromatic N) is 1. The Morgan fingerprint density at radius 3 is 2.76 bits per heavy atom. The molecule has 0 amide bonds. The number of benzene rings is 1. The van der Waals surface area contributed by atoms with Crippen molar-refractivity contribution in [3.05, 3.63) is 29.6 Å². The lowest BCUT2D eigenvalue weighted by Gasteiger charge is -2.31. The van der Waals surface area contributed by atoms with Gasteiger partial charge in [0.1, 0.15) is 5.82 Å². The first-order chi connectivity index (χ1) is 10.1. The number of methoxy groups -OCH3 is 1. The van der Waals surface area contributed by atoms with Crippen molar-refractivity contribution in [3.63, 3.8) is 0 Å². The average molecular weight is 294 g/mol. The first-order valence-electron chi connectivity index (χ1n) is 7.92. The Morgan fingerprint density at radius 2 is 2.14 bits per heavy atom. The molecule has 0 saturated heterocycles. The zero-order valence-corrected chi connectivity index (χ0v) is 13.4. The third-order valence-electron chi connectivity index (χ3n) is 4.11. The molecule has 1 aliphatic carbocycles. The molecule has 1 unspecified atom stereocenters.